The summed E-state index contributed by atoms with van der Waals surface area (Å²) in [6.45, 7) is 10.0. The number of nitrogens with zero attached hydrogens (tertiary/aromatic N) is 1. The molecule has 5 rings (SSSR count). The molecule has 9 heteroatoms. The highest BCUT2D eigenvalue weighted by Gasteiger charge is 2.74. The smallest absolute Gasteiger partial charge is 0.248 e. The number of amides is 3. The van der Waals surface area contributed by atoms with Crippen LogP contribution in [0.3, 0.4) is 0 Å². The summed E-state index contributed by atoms with van der Waals surface area (Å²) in [6, 6.07) is 11.8. The number of rotatable bonds is 9. The maximum absolute atomic E-state index is 14.3. The van der Waals surface area contributed by atoms with Crippen LogP contribution in [0.5, 0.6) is 5.75 Å². The summed E-state index contributed by atoms with van der Waals surface area (Å²) in [7, 11) is 0. The molecule has 3 aliphatic rings. The van der Waals surface area contributed by atoms with Gasteiger partial charge in [0, 0.05) is 16.6 Å². The van der Waals surface area contributed by atoms with Gasteiger partial charge in [0.1, 0.15) is 11.8 Å². The molecule has 3 saturated heterocycles. The molecule has 40 heavy (non-hydrogen) atoms. The number of fused-ring (bicyclic) bond motifs is 1. The standard InChI is InChI=1S/C31H39N3O5S/c1-6-39-21-11-9-20(10-12-21)32-28(36)25-24-13-14-31(40-24)26(25)30(38)34(23(16-35)17(2)3)27(31)29(37)33-22-15-18(4)7-8-19(22)5/h7-12,15,17,23-27,35H,6,13-14,16H2,1-5H3,(H,32,36)(H,33,37)/t23-,24-,25+,26-,27?,31?/m0/s1. The van der Waals surface area contributed by atoms with Gasteiger partial charge < -0.3 is 25.4 Å². The number of likely N-dealkylation sites (tertiary alicyclic amines) is 1. The van der Waals surface area contributed by atoms with Crippen molar-refractivity contribution in [3.05, 3.63) is 53.6 Å². The zero-order valence-corrected chi connectivity index (χ0v) is 24.6. The van der Waals surface area contributed by atoms with Crippen LogP contribution in [0.1, 0.15) is 44.7 Å². The van der Waals surface area contributed by atoms with Crippen molar-refractivity contribution in [2.45, 2.75) is 69.5 Å². The summed E-state index contributed by atoms with van der Waals surface area (Å²) < 4.78 is 4.78. The summed E-state index contributed by atoms with van der Waals surface area (Å²) in [5.41, 5.74) is 3.30. The Morgan fingerprint density at radius 2 is 1.85 bits per heavy atom. The van der Waals surface area contributed by atoms with Gasteiger partial charge in [-0.15, -0.1) is 11.8 Å². The molecule has 2 aromatic carbocycles. The molecule has 8 nitrogen and oxygen atoms in total. The highest BCUT2D eigenvalue weighted by atomic mass is 32.2. The first-order valence-electron chi connectivity index (χ1n) is 14.1. The van der Waals surface area contributed by atoms with Gasteiger partial charge in [0.25, 0.3) is 0 Å². The third-order valence-electron chi connectivity index (χ3n) is 8.69. The van der Waals surface area contributed by atoms with Crippen LogP contribution < -0.4 is 15.4 Å². The molecule has 214 valence electrons. The maximum Gasteiger partial charge on any atom is 0.248 e. The van der Waals surface area contributed by atoms with Crippen LogP contribution >= 0.6 is 11.8 Å². The number of ether oxygens (including phenoxy) is 1. The Morgan fingerprint density at radius 1 is 1.12 bits per heavy atom. The average molecular weight is 566 g/mol. The summed E-state index contributed by atoms with van der Waals surface area (Å²) in [4.78, 5) is 43.8. The molecule has 0 aliphatic carbocycles. The Balaban J connectivity index is 1.48. The molecule has 2 unspecified atom stereocenters. The van der Waals surface area contributed by atoms with Crippen LogP contribution in [0.4, 0.5) is 11.4 Å². The molecular formula is C31H39N3O5S. The summed E-state index contributed by atoms with van der Waals surface area (Å²) >= 11 is 1.62. The minimum atomic E-state index is -0.789. The van der Waals surface area contributed by atoms with Crippen LogP contribution in [0.15, 0.2) is 42.5 Å². The second-order valence-electron chi connectivity index (χ2n) is 11.5. The molecule has 3 amide bonds. The van der Waals surface area contributed by atoms with E-state index in [2.05, 4.69) is 10.6 Å². The molecule has 3 heterocycles. The minimum absolute atomic E-state index is 0.0542. The number of aliphatic hydroxyl groups is 1. The molecule has 0 aromatic heterocycles. The molecule has 1 spiro atoms. The van der Waals surface area contributed by atoms with Crippen molar-refractivity contribution >= 4 is 40.9 Å². The van der Waals surface area contributed by atoms with Crippen LogP contribution in [0.2, 0.25) is 0 Å². The van der Waals surface area contributed by atoms with Crippen molar-refractivity contribution in [3.63, 3.8) is 0 Å². The third-order valence-corrected chi connectivity index (χ3v) is 10.6. The first-order chi connectivity index (χ1) is 19.1. The van der Waals surface area contributed by atoms with Crippen LogP contribution in [-0.4, -0.2) is 63.0 Å². The van der Waals surface area contributed by atoms with E-state index in [1.54, 1.807) is 40.9 Å². The number of aryl methyl sites for hydroxylation is 2. The average Bonchev–Trinajstić information content (AvgIpc) is 3.55. The zero-order valence-electron chi connectivity index (χ0n) is 23.8. The number of hydrogen-bond acceptors (Lipinski definition) is 6. The zero-order chi connectivity index (χ0) is 28.8. The van der Waals surface area contributed by atoms with Gasteiger partial charge in [0.05, 0.1) is 35.8 Å². The van der Waals surface area contributed by atoms with E-state index in [0.29, 0.717) is 24.4 Å². The Kier molecular flexibility index (Phi) is 7.90. The molecule has 0 radical (unpaired) electrons. The fourth-order valence-corrected chi connectivity index (χ4v) is 8.97. The predicted molar refractivity (Wildman–Crippen MR) is 157 cm³/mol. The highest BCUT2D eigenvalue weighted by molar-refractivity contribution is 8.02. The lowest BCUT2D eigenvalue weighted by Gasteiger charge is -2.38. The lowest BCUT2D eigenvalue weighted by atomic mass is 9.70. The summed E-state index contributed by atoms with van der Waals surface area (Å²) in [5, 5.41) is 16.5. The lowest BCUT2D eigenvalue weighted by molar-refractivity contribution is -0.142. The van der Waals surface area contributed by atoms with E-state index in [-0.39, 0.29) is 35.5 Å². The molecule has 0 saturated carbocycles. The molecule has 3 N–H and O–H groups in total. The number of hydrogen-bond donors (Lipinski definition) is 3. The number of anilines is 2. The topological polar surface area (TPSA) is 108 Å². The van der Waals surface area contributed by atoms with Gasteiger partial charge in [-0.3, -0.25) is 14.4 Å². The van der Waals surface area contributed by atoms with E-state index in [4.69, 9.17) is 4.74 Å². The Labute approximate surface area is 240 Å². The number of carbonyl (C=O) groups is 3. The third kappa shape index (κ3) is 4.77. The first-order valence-corrected chi connectivity index (χ1v) is 15.0. The number of nitrogens with one attached hydrogen (secondary N) is 2. The van der Waals surface area contributed by atoms with Crippen molar-refractivity contribution in [1.82, 2.24) is 4.90 Å². The van der Waals surface area contributed by atoms with Crippen LogP contribution in [0.25, 0.3) is 0 Å². The van der Waals surface area contributed by atoms with Gasteiger partial charge >= 0.3 is 0 Å². The van der Waals surface area contributed by atoms with Crippen molar-refractivity contribution in [3.8, 4) is 5.75 Å². The van der Waals surface area contributed by atoms with E-state index < -0.39 is 28.7 Å². The number of aliphatic hydroxyl groups excluding tert-OH is 1. The van der Waals surface area contributed by atoms with Crippen molar-refractivity contribution in [1.29, 1.82) is 0 Å². The minimum Gasteiger partial charge on any atom is -0.494 e. The van der Waals surface area contributed by atoms with Gasteiger partial charge in [-0.2, -0.15) is 0 Å². The van der Waals surface area contributed by atoms with E-state index >= 15 is 0 Å². The molecular weight excluding hydrogens is 526 g/mol. The van der Waals surface area contributed by atoms with Crippen molar-refractivity contribution < 1.29 is 24.2 Å². The number of thioether (sulfide) groups is 1. The fraction of sp³-hybridized carbons (Fsp3) is 0.516. The second-order valence-corrected chi connectivity index (χ2v) is 13.2. The molecule has 3 aliphatic heterocycles. The maximum atomic E-state index is 14.3. The summed E-state index contributed by atoms with van der Waals surface area (Å²) in [5.74, 6) is -1.23. The molecule has 2 bridgehead atoms. The van der Waals surface area contributed by atoms with Crippen LogP contribution in [-0.2, 0) is 14.4 Å². The van der Waals surface area contributed by atoms with Gasteiger partial charge in [-0.05, 0) is 81.0 Å². The largest absolute Gasteiger partial charge is 0.494 e. The van der Waals surface area contributed by atoms with Gasteiger partial charge in [-0.25, -0.2) is 0 Å². The molecule has 3 fully saturated rings. The first kappa shape index (κ1) is 28.5. The van der Waals surface area contributed by atoms with E-state index in [9.17, 15) is 19.5 Å². The second kappa shape index (κ2) is 11.1. The Morgan fingerprint density at radius 3 is 2.50 bits per heavy atom. The predicted octanol–water partition coefficient (Wildman–Crippen LogP) is 4.39. The quantitative estimate of drug-likeness (QED) is 0.416. The normalized spacial score (nSPS) is 27.6. The van der Waals surface area contributed by atoms with Gasteiger partial charge in [0.15, 0.2) is 0 Å². The van der Waals surface area contributed by atoms with Crippen molar-refractivity contribution in [2.75, 3.05) is 23.8 Å². The number of benzene rings is 2. The van der Waals surface area contributed by atoms with Crippen molar-refractivity contribution in [2.24, 2.45) is 17.8 Å². The Hall–Kier alpha value is -3.04. The Bertz CT molecular complexity index is 1300. The van der Waals surface area contributed by atoms with E-state index in [0.717, 1.165) is 23.3 Å². The van der Waals surface area contributed by atoms with E-state index in [1.807, 2.05) is 52.8 Å². The SMILES string of the molecule is CCOc1ccc(NC(=O)[C@@H]2[C@@H]3CCC4(S3)C(C(=O)Nc3cc(C)ccc3C)N([C@@H](CO)C(C)C)C(=O)[C@H]24)cc1. The van der Waals surface area contributed by atoms with Crippen LogP contribution in [0, 0.1) is 31.6 Å². The lowest BCUT2D eigenvalue weighted by Crippen LogP contribution is -2.56. The molecule has 6 atom stereocenters. The monoisotopic (exact) mass is 565 g/mol. The van der Waals surface area contributed by atoms with E-state index in [1.165, 1.54) is 0 Å². The summed E-state index contributed by atoms with van der Waals surface area (Å²) in [6.07, 6.45) is 1.42. The van der Waals surface area contributed by atoms with Gasteiger partial charge in [-0.1, -0.05) is 26.0 Å². The number of carbonyl (C=O) groups excluding carboxylic acids is 3. The molecule has 2 aromatic rings. The fourth-order valence-electron chi connectivity index (χ4n) is 6.77. The highest BCUT2D eigenvalue weighted by Crippen LogP contribution is 2.67. The van der Waals surface area contributed by atoms with Gasteiger partial charge in [0.2, 0.25) is 17.7 Å².